The van der Waals surface area contributed by atoms with Gasteiger partial charge in [0, 0.05) is 19.6 Å². The Morgan fingerprint density at radius 1 is 1.05 bits per heavy atom. The second-order valence-electron chi connectivity index (χ2n) is 6.87. The normalized spacial score (nSPS) is 12.4. The topological polar surface area (TPSA) is 53.9 Å². The van der Waals surface area contributed by atoms with Gasteiger partial charge in [-0.3, -0.25) is 0 Å². The molecule has 5 nitrogen and oxygen atoms in total. The van der Waals surface area contributed by atoms with Gasteiger partial charge in [0.15, 0.2) is 0 Å². The molecule has 1 rings (SSSR count). The van der Waals surface area contributed by atoms with Crippen LogP contribution in [-0.2, 0) is 0 Å². The third-order valence-corrected chi connectivity index (χ3v) is 2.59. The van der Waals surface area contributed by atoms with Crippen molar-refractivity contribution in [3.63, 3.8) is 0 Å². The molecule has 1 aromatic rings. The van der Waals surface area contributed by atoms with Crippen molar-refractivity contribution in [1.29, 1.82) is 0 Å². The number of rotatable bonds is 4. The molecule has 1 heterocycles. The van der Waals surface area contributed by atoms with E-state index in [-0.39, 0.29) is 16.2 Å². The van der Waals surface area contributed by atoms with Gasteiger partial charge in [0.2, 0.25) is 17.2 Å². The molecule has 0 radical (unpaired) electrons. The van der Waals surface area contributed by atoms with Gasteiger partial charge in [0.25, 0.3) is 0 Å². The van der Waals surface area contributed by atoms with E-state index < -0.39 is 0 Å². The van der Waals surface area contributed by atoms with Gasteiger partial charge in [-0.05, 0) is 37.3 Å². The van der Waals surface area contributed by atoms with Crippen molar-refractivity contribution in [2.75, 3.05) is 24.3 Å². The van der Waals surface area contributed by atoms with Crippen molar-refractivity contribution in [1.82, 2.24) is 15.0 Å². The van der Waals surface area contributed by atoms with Crippen LogP contribution in [0.3, 0.4) is 0 Å². The summed E-state index contributed by atoms with van der Waals surface area (Å²) in [6, 6.07) is 0. The highest BCUT2D eigenvalue weighted by molar-refractivity contribution is 6.28. The Labute approximate surface area is 120 Å². The van der Waals surface area contributed by atoms with Crippen molar-refractivity contribution in [2.24, 2.45) is 5.41 Å². The lowest BCUT2D eigenvalue weighted by Gasteiger charge is -2.33. The lowest BCUT2D eigenvalue weighted by atomic mass is 9.82. The minimum Gasteiger partial charge on any atom is -0.349 e. The third kappa shape index (κ3) is 5.59. The summed E-state index contributed by atoms with van der Waals surface area (Å²) in [5, 5.41) is 3.54. The van der Waals surface area contributed by atoms with E-state index in [0.29, 0.717) is 11.9 Å². The highest BCUT2D eigenvalue weighted by Crippen LogP contribution is 2.29. The molecule has 0 bridgehead atoms. The highest BCUT2D eigenvalue weighted by Gasteiger charge is 2.26. The van der Waals surface area contributed by atoms with Crippen LogP contribution < -0.4 is 10.2 Å². The maximum Gasteiger partial charge on any atom is 0.230 e. The predicted molar refractivity (Wildman–Crippen MR) is 80.9 cm³/mol. The van der Waals surface area contributed by atoms with Gasteiger partial charge in [-0.2, -0.15) is 15.0 Å². The average Bonchev–Trinajstić information content (AvgIpc) is 2.10. The van der Waals surface area contributed by atoms with Crippen molar-refractivity contribution in [3.05, 3.63) is 5.28 Å². The fraction of sp³-hybridized carbons (Fsp3) is 0.769. The van der Waals surface area contributed by atoms with Gasteiger partial charge < -0.3 is 10.2 Å². The van der Waals surface area contributed by atoms with Gasteiger partial charge in [0.05, 0.1) is 0 Å². The Morgan fingerprint density at radius 3 is 2.11 bits per heavy atom. The summed E-state index contributed by atoms with van der Waals surface area (Å²) >= 11 is 5.93. The van der Waals surface area contributed by atoms with E-state index in [1.54, 1.807) is 4.90 Å². The molecule has 0 aliphatic heterocycles. The van der Waals surface area contributed by atoms with Crippen molar-refractivity contribution in [2.45, 2.75) is 46.6 Å². The quantitative estimate of drug-likeness (QED) is 0.920. The summed E-state index contributed by atoms with van der Waals surface area (Å²) in [7, 11) is 3.74. The molecule has 0 saturated carbocycles. The SMILES string of the molecule is CN(C)c1nc(Cl)nc(NC(C)(C)CC(C)(C)C)n1. The van der Waals surface area contributed by atoms with Crippen LogP contribution in [-0.4, -0.2) is 34.6 Å². The fourth-order valence-electron chi connectivity index (χ4n) is 2.27. The number of anilines is 2. The number of hydrogen-bond acceptors (Lipinski definition) is 5. The first-order valence-electron chi connectivity index (χ1n) is 6.36. The highest BCUT2D eigenvalue weighted by atomic mass is 35.5. The second kappa shape index (κ2) is 5.49. The van der Waals surface area contributed by atoms with Crippen LogP contribution in [0.5, 0.6) is 0 Å². The number of nitrogens with zero attached hydrogens (tertiary/aromatic N) is 4. The van der Waals surface area contributed by atoms with Crippen molar-refractivity contribution < 1.29 is 0 Å². The molecule has 0 spiro atoms. The van der Waals surface area contributed by atoms with Crippen LogP contribution in [0.4, 0.5) is 11.9 Å². The Bertz CT molecular complexity index is 437. The molecule has 0 unspecified atom stereocenters. The standard InChI is InChI=1S/C13H24ClN5/c1-12(2,3)8-13(4,5)18-10-15-9(14)16-11(17-10)19(6)7/h8H2,1-7H3,(H,15,16,17,18). The number of hydrogen-bond donors (Lipinski definition) is 1. The molecular formula is C13H24ClN5. The molecule has 0 fully saturated rings. The molecule has 6 heteroatoms. The fourth-order valence-corrected chi connectivity index (χ4v) is 2.42. The molecule has 0 aromatic carbocycles. The predicted octanol–water partition coefficient (Wildman–Crippen LogP) is 3.22. The van der Waals surface area contributed by atoms with E-state index in [2.05, 4.69) is 54.9 Å². The minimum absolute atomic E-state index is 0.119. The summed E-state index contributed by atoms with van der Waals surface area (Å²) in [5.74, 6) is 1.06. The number of aromatic nitrogens is 3. The first-order chi connectivity index (χ1) is 8.48. The van der Waals surface area contributed by atoms with E-state index in [4.69, 9.17) is 11.6 Å². The van der Waals surface area contributed by atoms with Crippen LogP contribution in [0.25, 0.3) is 0 Å². The first-order valence-corrected chi connectivity index (χ1v) is 6.73. The van der Waals surface area contributed by atoms with Crippen LogP contribution in [0.1, 0.15) is 41.0 Å². The van der Waals surface area contributed by atoms with Gasteiger partial charge in [-0.1, -0.05) is 20.8 Å². The number of halogens is 1. The summed E-state index contributed by atoms with van der Waals surface area (Å²) in [6.07, 6.45) is 0.987. The van der Waals surface area contributed by atoms with E-state index >= 15 is 0 Å². The zero-order valence-electron chi connectivity index (χ0n) is 12.9. The molecule has 108 valence electrons. The molecule has 0 saturated heterocycles. The Hall–Kier alpha value is -1.10. The van der Waals surface area contributed by atoms with Gasteiger partial charge in [-0.15, -0.1) is 0 Å². The Kier molecular flexibility index (Phi) is 4.61. The molecule has 0 aliphatic rings. The Balaban J connectivity index is 2.93. The van der Waals surface area contributed by atoms with E-state index in [0.717, 1.165) is 6.42 Å². The summed E-state index contributed by atoms with van der Waals surface area (Å²) < 4.78 is 0. The monoisotopic (exact) mass is 285 g/mol. The smallest absolute Gasteiger partial charge is 0.230 e. The summed E-state index contributed by atoms with van der Waals surface area (Å²) in [5.41, 5.74) is 0.101. The van der Waals surface area contributed by atoms with Gasteiger partial charge in [-0.25, -0.2) is 0 Å². The van der Waals surface area contributed by atoms with Crippen LogP contribution in [0.15, 0.2) is 0 Å². The molecule has 19 heavy (non-hydrogen) atoms. The third-order valence-electron chi connectivity index (χ3n) is 2.42. The largest absolute Gasteiger partial charge is 0.349 e. The molecule has 0 amide bonds. The minimum atomic E-state index is -0.119. The van der Waals surface area contributed by atoms with Crippen LogP contribution >= 0.6 is 11.6 Å². The Morgan fingerprint density at radius 2 is 1.63 bits per heavy atom. The zero-order valence-corrected chi connectivity index (χ0v) is 13.6. The average molecular weight is 286 g/mol. The van der Waals surface area contributed by atoms with Crippen molar-refractivity contribution >= 4 is 23.5 Å². The molecule has 0 aliphatic carbocycles. The van der Waals surface area contributed by atoms with Crippen LogP contribution in [0, 0.1) is 5.41 Å². The maximum absolute atomic E-state index is 5.93. The molecular weight excluding hydrogens is 262 g/mol. The van der Waals surface area contributed by atoms with E-state index in [1.165, 1.54) is 0 Å². The lowest BCUT2D eigenvalue weighted by molar-refractivity contribution is 0.301. The van der Waals surface area contributed by atoms with Crippen molar-refractivity contribution in [3.8, 4) is 0 Å². The molecule has 0 atom stereocenters. The summed E-state index contributed by atoms with van der Waals surface area (Å²) in [6.45, 7) is 10.9. The summed E-state index contributed by atoms with van der Waals surface area (Å²) in [4.78, 5) is 14.4. The lowest BCUT2D eigenvalue weighted by Crippen LogP contribution is -2.36. The zero-order chi connectivity index (χ0) is 14.8. The van der Waals surface area contributed by atoms with E-state index in [1.807, 2.05) is 14.1 Å². The number of nitrogens with one attached hydrogen (secondary N) is 1. The van der Waals surface area contributed by atoms with Gasteiger partial charge >= 0.3 is 0 Å². The second-order valence-corrected chi connectivity index (χ2v) is 7.21. The molecule has 1 N–H and O–H groups in total. The maximum atomic E-state index is 5.93. The first kappa shape index (κ1) is 16.0. The van der Waals surface area contributed by atoms with E-state index in [9.17, 15) is 0 Å². The van der Waals surface area contributed by atoms with Gasteiger partial charge in [0.1, 0.15) is 0 Å². The molecule has 1 aromatic heterocycles. The van der Waals surface area contributed by atoms with Crippen LogP contribution in [0.2, 0.25) is 5.28 Å².